The molecular weight excluding hydrogens is 380 g/mol. The number of anilines is 2. The fourth-order valence-corrected chi connectivity index (χ4v) is 4.15. The first-order valence-corrected chi connectivity index (χ1v) is 9.86. The number of alkyl halides is 1. The number of carbonyl (C=O) groups is 2. The van der Waals surface area contributed by atoms with Crippen LogP contribution in [0, 0.1) is 0 Å². The molecule has 0 bridgehead atoms. The Kier molecular flexibility index (Phi) is 4.42. The van der Waals surface area contributed by atoms with Gasteiger partial charge in [0.15, 0.2) is 0 Å². The summed E-state index contributed by atoms with van der Waals surface area (Å²) in [6.07, 6.45) is -0.203. The van der Waals surface area contributed by atoms with E-state index in [2.05, 4.69) is 5.32 Å². The zero-order valence-corrected chi connectivity index (χ0v) is 17.1. The lowest BCUT2D eigenvalue weighted by atomic mass is 9.90. The maximum Gasteiger partial charge on any atom is 0.417 e. The quantitative estimate of drug-likeness (QED) is 0.662. The third-order valence-electron chi connectivity index (χ3n) is 5.07. The van der Waals surface area contributed by atoms with Crippen molar-refractivity contribution >= 4 is 45.9 Å². The first-order chi connectivity index (χ1) is 13.2. The molecule has 0 aromatic heterocycles. The standard InChI is InChI=1S/C21H23ClN2O4/c1-5-13(22)12-10-24(20(26)28-21(2,3)4)15-9-16-18-11(17(12)15)7-6-8-14(18)23-19(25)27-16/h6-9,12-13H,5,10H2,1-4H3,(H,23,25)/t12-,13-/m0/s1. The maximum atomic E-state index is 12.9. The molecule has 2 aromatic carbocycles. The zero-order valence-electron chi connectivity index (χ0n) is 16.3. The number of rotatable bonds is 2. The van der Waals surface area contributed by atoms with Gasteiger partial charge < -0.3 is 9.47 Å². The highest BCUT2D eigenvalue weighted by Crippen LogP contribution is 2.50. The average molecular weight is 403 g/mol. The fraction of sp³-hybridized carbons (Fsp3) is 0.429. The third-order valence-corrected chi connectivity index (χ3v) is 5.68. The minimum atomic E-state index is -0.616. The Balaban J connectivity index is 1.92. The van der Waals surface area contributed by atoms with Crippen LogP contribution in [0.1, 0.15) is 45.6 Å². The highest BCUT2D eigenvalue weighted by molar-refractivity contribution is 6.22. The molecule has 0 saturated carbocycles. The van der Waals surface area contributed by atoms with Crippen LogP contribution in [0.3, 0.4) is 0 Å². The molecule has 1 N–H and O–H groups in total. The van der Waals surface area contributed by atoms with Crippen molar-refractivity contribution in [3.63, 3.8) is 0 Å². The van der Waals surface area contributed by atoms with E-state index in [0.29, 0.717) is 23.7 Å². The number of hydrogen-bond acceptors (Lipinski definition) is 4. The first kappa shape index (κ1) is 18.9. The Morgan fingerprint density at radius 3 is 2.86 bits per heavy atom. The van der Waals surface area contributed by atoms with E-state index < -0.39 is 17.8 Å². The van der Waals surface area contributed by atoms with Crippen molar-refractivity contribution in [2.75, 3.05) is 16.8 Å². The average Bonchev–Trinajstić information content (AvgIpc) is 2.99. The Hall–Kier alpha value is -2.47. The van der Waals surface area contributed by atoms with Gasteiger partial charge >= 0.3 is 12.2 Å². The Morgan fingerprint density at radius 2 is 2.18 bits per heavy atom. The molecular formula is C21H23ClN2O4. The van der Waals surface area contributed by atoms with Gasteiger partial charge in [0.1, 0.15) is 11.4 Å². The van der Waals surface area contributed by atoms with Crippen LogP contribution >= 0.6 is 11.6 Å². The van der Waals surface area contributed by atoms with E-state index in [1.807, 2.05) is 45.9 Å². The number of benzene rings is 2. The van der Waals surface area contributed by atoms with E-state index in [9.17, 15) is 9.59 Å². The van der Waals surface area contributed by atoms with E-state index in [4.69, 9.17) is 21.1 Å². The van der Waals surface area contributed by atoms with Gasteiger partial charge in [0.25, 0.3) is 0 Å². The third kappa shape index (κ3) is 3.05. The van der Waals surface area contributed by atoms with Crippen molar-refractivity contribution in [1.29, 1.82) is 0 Å². The summed E-state index contributed by atoms with van der Waals surface area (Å²) in [4.78, 5) is 26.4. The fourth-order valence-electron chi connectivity index (χ4n) is 3.94. The molecule has 2 atom stereocenters. The van der Waals surface area contributed by atoms with Gasteiger partial charge in [-0.2, -0.15) is 0 Å². The Bertz CT molecular complexity index is 983. The van der Waals surface area contributed by atoms with Gasteiger partial charge in [-0.1, -0.05) is 19.1 Å². The molecule has 4 rings (SSSR count). The highest BCUT2D eigenvalue weighted by atomic mass is 35.5. The number of fused-ring (bicyclic) bond motifs is 2. The molecule has 0 unspecified atom stereocenters. The SMILES string of the molecule is CC[C@H](Cl)[C@@H]1CN(C(=O)OC(C)(C)C)c2cc3c4c(cccc4c21)NC(=O)O3. The van der Waals surface area contributed by atoms with Crippen LogP contribution in [0.15, 0.2) is 24.3 Å². The van der Waals surface area contributed by atoms with Crippen molar-refractivity contribution in [3.8, 4) is 5.75 Å². The van der Waals surface area contributed by atoms with Gasteiger partial charge in [-0.3, -0.25) is 10.2 Å². The molecule has 6 nitrogen and oxygen atoms in total. The molecule has 2 heterocycles. The van der Waals surface area contributed by atoms with Crippen molar-refractivity contribution < 1.29 is 19.1 Å². The van der Waals surface area contributed by atoms with Crippen LogP contribution in [0.2, 0.25) is 0 Å². The zero-order chi connectivity index (χ0) is 20.2. The molecule has 2 aliphatic rings. The summed E-state index contributed by atoms with van der Waals surface area (Å²) >= 11 is 6.67. The predicted octanol–water partition coefficient (Wildman–Crippen LogP) is 5.62. The summed E-state index contributed by atoms with van der Waals surface area (Å²) in [5.74, 6) is 0.390. The first-order valence-electron chi connectivity index (χ1n) is 9.42. The molecule has 0 spiro atoms. The second-order valence-electron chi connectivity index (χ2n) is 8.17. The van der Waals surface area contributed by atoms with E-state index in [-0.39, 0.29) is 11.3 Å². The van der Waals surface area contributed by atoms with Crippen LogP contribution in [0.25, 0.3) is 10.8 Å². The van der Waals surface area contributed by atoms with Crippen LogP contribution in [0.5, 0.6) is 5.75 Å². The molecule has 0 saturated heterocycles. The predicted molar refractivity (Wildman–Crippen MR) is 110 cm³/mol. The van der Waals surface area contributed by atoms with Crippen LogP contribution in [-0.4, -0.2) is 29.7 Å². The van der Waals surface area contributed by atoms with Crippen molar-refractivity contribution in [2.24, 2.45) is 0 Å². The summed E-state index contributed by atoms with van der Waals surface area (Å²) in [5.41, 5.74) is 1.76. The number of nitrogens with one attached hydrogen (secondary N) is 1. The van der Waals surface area contributed by atoms with Gasteiger partial charge in [-0.15, -0.1) is 11.6 Å². The van der Waals surface area contributed by atoms with Crippen molar-refractivity contribution in [2.45, 2.75) is 51.0 Å². The normalized spacial score (nSPS) is 19.1. The van der Waals surface area contributed by atoms with E-state index in [1.54, 1.807) is 11.0 Å². The van der Waals surface area contributed by atoms with Gasteiger partial charge in [0, 0.05) is 29.3 Å². The summed E-state index contributed by atoms with van der Waals surface area (Å²) in [6, 6.07) is 7.46. The lowest BCUT2D eigenvalue weighted by molar-refractivity contribution is 0.0582. The Morgan fingerprint density at radius 1 is 1.43 bits per heavy atom. The van der Waals surface area contributed by atoms with Gasteiger partial charge in [-0.25, -0.2) is 9.59 Å². The maximum absolute atomic E-state index is 12.9. The number of carbonyl (C=O) groups excluding carboxylic acids is 2. The van der Waals surface area contributed by atoms with E-state index in [1.165, 1.54) is 0 Å². The minimum Gasteiger partial charge on any atom is -0.443 e. The molecule has 0 aliphatic carbocycles. The lowest BCUT2D eigenvalue weighted by Crippen LogP contribution is -2.36. The molecule has 28 heavy (non-hydrogen) atoms. The smallest absolute Gasteiger partial charge is 0.417 e. The number of nitrogens with zero attached hydrogens (tertiary/aromatic N) is 1. The van der Waals surface area contributed by atoms with Crippen molar-refractivity contribution in [3.05, 3.63) is 29.8 Å². The summed E-state index contributed by atoms with van der Waals surface area (Å²) in [7, 11) is 0. The number of ether oxygens (including phenoxy) is 2. The molecule has 2 amide bonds. The second-order valence-corrected chi connectivity index (χ2v) is 8.73. The monoisotopic (exact) mass is 402 g/mol. The van der Waals surface area contributed by atoms with E-state index in [0.717, 1.165) is 22.8 Å². The molecule has 148 valence electrons. The van der Waals surface area contributed by atoms with Crippen LogP contribution in [0.4, 0.5) is 21.0 Å². The molecule has 7 heteroatoms. The Labute approximate surface area is 168 Å². The number of halogens is 1. The molecule has 0 fully saturated rings. The number of hydrogen-bond donors (Lipinski definition) is 1. The van der Waals surface area contributed by atoms with Crippen LogP contribution < -0.4 is 15.0 Å². The molecule has 2 aromatic rings. The lowest BCUT2D eigenvalue weighted by Gasteiger charge is -2.26. The summed E-state index contributed by atoms with van der Waals surface area (Å²) in [6.45, 7) is 7.96. The summed E-state index contributed by atoms with van der Waals surface area (Å²) in [5, 5.41) is 4.36. The summed E-state index contributed by atoms with van der Waals surface area (Å²) < 4.78 is 11.0. The van der Waals surface area contributed by atoms with Crippen molar-refractivity contribution in [1.82, 2.24) is 0 Å². The topological polar surface area (TPSA) is 67.9 Å². The van der Waals surface area contributed by atoms with Gasteiger partial charge in [0.05, 0.1) is 11.4 Å². The largest absolute Gasteiger partial charge is 0.443 e. The van der Waals surface area contributed by atoms with Gasteiger partial charge in [0.2, 0.25) is 0 Å². The second kappa shape index (κ2) is 6.55. The van der Waals surface area contributed by atoms with E-state index >= 15 is 0 Å². The number of amides is 2. The van der Waals surface area contributed by atoms with Crippen LogP contribution in [-0.2, 0) is 4.74 Å². The minimum absolute atomic E-state index is 0.0453. The molecule has 2 aliphatic heterocycles. The highest BCUT2D eigenvalue weighted by Gasteiger charge is 2.40. The molecule has 0 radical (unpaired) electrons. The van der Waals surface area contributed by atoms with Gasteiger partial charge in [-0.05, 0) is 44.2 Å².